The Bertz CT molecular complexity index is 434. The third kappa shape index (κ3) is 7.45. The second-order valence-electron chi connectivity index (χ2n) is 7.27. The summed E-state index contributed by atoms with van der Waals surface area (Å²) in [5.74, 6) is 1.34. The third-order valence-corrected chi connectivity index (χ3v) is 5.21. The van der Waals surface area contributed by atoms with Crippen LogP contribution in [0.3, 0.4) is 0 Å². The number of hydrogen-bond acceptors (Lipinski definition) is 5. The molecule has 0 fully saturated rings. The van der Waals surface area contributed by atoms with E-state index >= 15 is 0 Å². The molecule has 0 amide bonds. The Morgan fingerprint density at radius 1 is 0.808 bits per heavy atom. The van der Waals surface area contributed by atoms with Crippen LogP contribution in [-0.4, -0.2) is 39.6 Å². The molecule has 1 aliphatic heterocycles. The largest absolute Gasteiger partial charge is 0.487 e. The molecule has 0 aliphatic carbocycles. The zero-order valence-corrected chi connectivity index (χ0v) is 17.3. The maximum absolute atomic E-state index is 5.99. The quantitative estimate of drug-likeness (QED) is 0.409. The molecular formula is C21H34O4S. The molecule has 2 radical (unpaired) electrons. The van der Waals surface area contributed by atoms with Crippen LogP contribution >= 0.6 is 11.3 Å². The molecular weight excluding hydrogens is 348 g/mol. The fourth-order valence-electron chi connectivity index (χ4n) is 2.94. The van der Waals surface area contributed by atoms with Crippen molar-refractivity contribution in [1.29, 1.82) is 0 Å². The smallest absolute Gasteiger partial charge is 0.181 e. The second-order valence-corrected chi connectivity index (χ2v) is 7.88. The van der Waals surface area contributed by atoms with Crippen LogP contribution in [0.4, 0.5) is 0 Å². The van der Waals surface area contributed by atoms with E-state index in [1.807, 2.05) is 0 Å². The van der Waals surface area contributed by atoms with Crippen molar-refractivity contribution in [2.24, 2.45) is 5.41 Å². The molecule has 0 saturated heterocycles. The molecule has 0 spiro atoms. The lowest BCUT2D eigenvalue weighted by molar-refractivity contribution is -0.0605. The fourth-order valence-corrected chi connectivity index (χ4v) is 3.48. The van der Waals surface area contributed by atoms with Crippen LogP contribution in [0.1, 0.15) is 65.2 Å². The van der Waals surface area contributed by atoms with Gasteiger partial charge in [0, 0.05) is 13.2 Å². The lowest BCUT2D eigenvalue weighted by atomic mass is 9.92. The molecule has 1 aromatic rings. The Kier molecular flexibility index (Phi) is 10.4. The Labute approximate surface area is 163 Å². The van der Waals surface area contributed by atoms with E-state index in [9.17, 15) is 0 Å². The van der Waals surface area contributed by atoms with Crippen molar-refractivity contribution in [3.63, 3.8) is 0 Å². The van der Waals surface area contributed by atoms with Crippen LogP contribution in [0.15, 0.2) is 0 Å². The standard InChI is InChI=1S/C21H34O4S/c1-3-5-7-9-11-22-15-21(16-23-12-10-8-6-4-2)17-24-19-13-26-14-20(19)25-18-21/h3-12,15-18H2,1-2H3. The van der Waals surface area contributed by atoms with Crippen LogP contribution in [0.25, 0.3) is 0 Å². The zero-order chi connectivity index (χ0) is 18.5. The van der Waals surface area contributed by atoms with E-state index in [1.165, 1.54) is 49.9 Å². The van der Waals surface area contributed by atoms with Gasteiger partial charge < -0.3 is 18.9 Å². The third-order valence-electron chi connectivity index (χ3n) is 4.64. The van der Waals surface area contributed by atoms with E-state index in [1.54, 1.807) is 0 Å². The van der Waals surface area contributed by atoms with Gasteiger partial charge in [-0.05, 0) is 12.8 Å². The van der Waals surface area contributed by atoms with E-state index in [2.05, 4.69) is 24.6 Å². The van der Waals surface area contributed by atoms with Gasteiger partial charge in [0.2, 0.25) is 0 Å². The average molecular weight is 383 g/mol. The lowest BCUT2D eigenvalue weighted by Gasteiger charge is -2.30. The van der Waals surface area contributed by atoms with Gasteiger partial charge in [0.25, 0.3) is 0 Å². The minimum Gasteiger partial charge on any atom is -0.487 e. The normalized spacial score (nSPS) is 15.8. The number of thiophene rings is 1. The van der Waals surface area contributed by atoms with E-state index in [0.29, 0.717) is 37.9 Å². The van der Waals surface area contributed by atoms with Gasteiger partial charge in [-0.3, -0.25) is 0 Å². The summed E-state index contributed by atoms with van der Waals surface area (Å²) in [5, 5.41) is 6.15. The van der Waals surface area contributed by atoms with Gasteiger partial charge in [0.15, 0.2) is 11.5 Å². The summed E-state index contributed by atoms with van der Waals surface area (Å²) in [6.45, 7) is 8.29. The Hall–Kier alpha value is -0.780. The summed E-state index contributed by atoms with van der Waals surface area (Å²) in [4.78, 5) is 0. The molecule has 4 nitrogen and oxygen atoms in total. The van der Waals surface area contributed by atoms with Crippen LogP contribution < -0.4 is 9.47 Å². The van der Waals surface area contributed by atoms with E-state index in [0.717, 1.165) is 26.1 Å². The Morgan fingerprint density at radius 3 is 1.77 bits per heavy atom. The number of ether oxygens (including phenoxy) is 4. The van der Waals surface area contributed by atoms with Crippen molar-refractivity contribution in [3.05, 3.63) is 10.8 Å². The van der Waals surface area contributed by atoms with Crippen molar-refractivity contribution in [1.82, 2.24) is 0 Å². The molecule has 148 valence electrons. The number of rotatable bonds is 14. The summed E-state index contributed by atoms with van der Waals surface area (Å²) in [6, 6.07) is 0. The molecule has 26 heavy (non-hydrogen) atoms. The minimum atomic E-state index is -0.270. The summed E-state index contributed by atoms with van der Waals surface area (Å²) < 4.78 is 23.9. The van der Waals surface area contributed by atoms with Crippen LogP contribution in [0.5, 0.6) is 11.5 Å². The zero-order valence-electron chi connectivity index (χ0n) is 16.4. The van der Waals surface area contributed by atoms with E-state index < -0.39 is 0 Å². The average Bonchev–Trinajstić information content (AvgIpc) is 3.04. The van der Waals surface area contributed by atoms with Gasteiger partial charge in [-0.1, -0.05) is 52.4 Å². The molecule has 0 bridgehead atoms. The van der Waals surface area contributed by atoms with Crippen molar-refractivity contribution in [2.45, 2.75) is 65.2 Å². The van der Waals surface area contributed by atoms with Crippen LogP contribution in [0.2, 0.25) is 0 Å². The predicted octanol–water partition coefficient (Wildman–Crippen LogP) is 5.30. The maximum atomic E-state index is 5.99. The molecule has 2 rings (SSSR count). The van der Waals surface area contributed by atoms with Gasteiger partial charge in [-0.15, -0.1) is 11.3 Å². The molecule has 0 N–H and O–H groups in total. The van der Waals surface area contributed by atoms with Gasteiger partial charge in [0.1, 0.15) is 13.2 Å². The maximum Gasteiger partial charge on any atom is 0.181 e. The highest BCUT2D eigenvalue weighted by Crippen LogP contribution is 2.36. The molecule has 1 aromatic heterocycles. The number of fused-ring (bicyclic) bond motifs is 1. The highest BCUT2D eigenvalue weighted by Gasteiger charge is 2.36. The second kappa shape index (κ2) is 12.6. The SMILES string of the molecule is CCCCCCOCC1(COCCCCCC)COc2[c]s[c]c2OC1. The van der Waals surface area contributed by atoms with Crippen molar-refractivity contribution < 1.29 is 18.9 Å². The summed E-state index contributed by atoms with van der Waals surface area (Å²) in [5.41, 5.74) is -0.270. The highest BCUT2D eigenvalue weighted by molar-refractivity contribution is 7.07. The first-order valence-corrected chi connectivity index (χ1v) is 10.9. The number of unbranched alkanes of at least 4 members (excludes halogenated alkanes) is 6. The van der Waals surface area contributed by atoms with Gasteiger partial charge in [0.05, 0.1) is 29.4 Å². The monoisotopic (exact) mass is 382 g/mol. The first-order valence-electron chi connectivity index (χ1n) is 10.1. The summed E-state index contributed by atoms with van der Waals surface area (Å²) in [7, 11) is 0. The molecule has 2 heterocycles. The molecule has 0 aromatic carbocycles. The molecule has 0 saturated carbocycles. The first-order chi connectivity index (χ1) is 12.8. The predicted molar refractivity (Wildman–Crippen MR) is 105 cm³/mol. The summed E-state index contributed by atoms with van der Waals surface area (Å²) >= 11 is 1.36. The molecule has 1 aliphatic rings. The van der Waals surface area contributed by atoms with Crippen molar-refractivity contribution in [2.75, 3.05) is 39.6 Å². The fraction of sp³-hybridized carbons (Fsp3) is 0.810. The topological polar surface area (TPSA) is 36.9 Å². The highest BCUT2D eigenvalue weighted by atomic mass is 32.1. The minimum absolute atomic E-state index is 0.270. The Morgan fingerprint density at radius 2 is 1.31 bits per heavy atom. The van der Waals surface area contributed by atoms with Crippen LogP contribution in [0, 0.1) is 16.2 Å². The molecule has 0 unspecified atom stereocenters. The van der Waals surface area contributed by atoms with Crippen LogP contribution in [-0.2, 0) is 9.47 Å². The Balaban J connectivity index is 1.79. The summed E-state index contributed by atoms with van der Waals surface area (Å²) in [6.07, 6.45) is 9.70. The molecule has 5 heteroatoms. The first kappa shape index (κ1) is 21.5. The van der Waals surface area contributed by atoms with Gasteiger partial charge in [-0.25, -0.2) is 0 Å². The lowest BCUT2D eigenvalue weighted by Crippen LogP contribution is -2.42. The van der Waals surface area contributed by atoms with Gasteiger partial charge >= 0.3 is 0 Å². The number of hydrogen-bond donors (Lipinski definition) is 0. The van der Waals surface area contributed by atoms with E-state index in [-0.39, 0.29) is 5.41 Å². The van der Waals surface area contributed by atoms with Crippen molar-refractivity contribution >= 4 is 11.3 Å². The van der Waals surface area contributed by atoms with Gasteiger partial charge in [-0.2, -0.15) is 0 Å². The molecule has 0 atom stereocenters. The van der Waals surface area contributed by atoms with E-state index in [4.69, 9.17) is 18.9 Å². The van der Waals surface area contributed by atoms with Crippen molar-refractivity contribution in [3.8, 4) is 11.5 Å².